The normalized spacial score (nSPS) is 29.1. The van der Waals surface area contributed by atoms with Crippen molar-refractivity contribution in [1.82, 2.24) is 5.32 Å². The lowest BCUT2D eigenvalue weighted by atomic mass is 9.86. The molecule has 0 saturated heterocycles. The van der Waals surface area contributed by atoms with Crippen LogP contribution >= 0.6 is 0 Å². The van der Waals surface area contributed by atoms with Gasteiger partial charge in [0.1, 0.15) is 35.9 Å². The highest BCUT2D eigenvalue weighted by atomic mass is 16.5. The summed E-state index contributed by atoms with van der Waals surface area (Å²) in [7, 11) is 1.55. The van der Waals surface area contributed by atoms with Crippen molar-refractivity contribution in [2.45, 2.75) is 110 Å². The van der Waals surface area contributed by atoms with Gasteiger partial charge in [0.15, 0.2) is 0 Å². The van der Waals surface area contributed by atoms with Gasteiger partial charge in [-0.1, -0.05) is 51.2 Å². The molecule has 4 N–H and O–H groups in total. The third kappa shape index (κ3) is 8.16. The van der Waals surface area contributed by atoms with Crippen LogP contribution in [0.5, 0.6) is 11.5 Å². The zero-order valence-electron chi connectivity index (χ0n) is 27.2. The highest BCUT2D eigenvalue weighted by Gasteiger charge is 2.44. The smallest absolute Gasteiger partial charge is 0.328 e. The Morgan fingerprint density at radius 1 is 1.20 bits per heavy atom. The van der Waals surface area contributed by atoms with Crippen molar-refractivity contribution in [2.75, 3.05) is 12.4 Å². The maximum absolute atomic E-state index is 13.1. The summed E-state index contributed by atoms with van der Waals surface area (Å²) in [6.07, 6.45) is 9.35. The fourth-order valence-corrected chi connectivity index (χ4v) is 6.15. The number of fused-ring (bicyclic) bond motifs is 8. The zero-order valence-corrected chi connectivity index (χ0v) is 27.2. The van der Waals surface area contributed by atoms with Crippen LogP contribution in [0.15, 0.2) is 42.0 Å². The van der Waals surface area contributed by atoms with Crippen LogP contribution in [0, 0.1) is 11.8 Å². The van der Waals surface area contributed by atoms with Crippen LogP contribution < -0.4 is 15.4 Å². The number of aliphatic hydroxyl groups excluding tert-OH is 1. The predicted molar refractivity (Wildman–Crippen MR) is 171 cm³/mol. The Bertz CT molecular complexity index is 1350. The van der Waals surface area contributed by atoms with Gasteiger partial charge in [-0.15, -0.1) is 0 Å². The molecular formula is C35H48N2O8. The van der Waals surface area contributed by atoms with E-state index in [0.717, 1.165) is 6.42 Å². The van der Waals surface area contributed by atoms with E-state index in [-0.39, 0.29) is 29.9 Å². The Morgan fingerprint density at radius 2 is 1.96 bits per heavy atom. The van der Waals surface area contributed by atoms with Crippen LogP contribution in [0.1, 0.15) is 83.8 Å². The number of phenolic OH excluding ortho intramolecular Hbond substituents is 1. The number of aryl methyl sites for hydroxylation is 1. The third-order valence-electron chi connectivity index (χ3n) is 8.96. The summed E-state index contributed by atoms with van der Waals surface area (Å²) in [5.41, 5.74) is 2.39. The van der Waals surface area contributed by atoms with E-state index >= 15 is 0 Å². The first kappa shape index (κ1) is 34.2. The number of hydrogen-bond donors (Lipinski definition) is 4. The van der Waals surface area contributed by atoms with E-state index < -0.39 is 42.3 Å². The zero-order chi connectivity index (χ0) is 32.8. The molecule has 1 aromatic carbocycles. The van der Waals surface area contributed by atoms with Crippen molar-refractivity contribution in [3.05, 3.63) is 53.1 Å². The largest absolute Gasteiger partial charge is 0.505 e. The van der Waals surface area contributed by atoms with E-state index in [1.54, 1.807) is 14.0 Å². The number of carbonyl (C=O) groups is 3. The molecule has 0 saturated carbocycles. The minimum absolute atomic E-state index is 0.0119. The number of ether oxygens (including phenoxy) is 3. The van der Waals surface area contributed by atoms with Crippen LogP contribution in [-0.4, -0.2) is 65.6 Å². The van der Waals surface area contributed by atoms with Crippen LogP contribution in [0.25, 0.3) is 0 Å². The molecule has 2 heterocycles. The number of allylic oxidation sites excluding steroid dienone is 3. The molecule has 10 nitrogen and oxygen atoms in total. The number of aliphatic hydroxyl groups is 1. The summed E-state index contributed by atoms with van der Waals surface area (Å²) in [4.78, 5) is 38.2. The van der Waals surface area contributed by atoms with Gasteiger partial charge in [-0.2, -0.15) is 0 Å². The standard InChI is InChI=1S/C35H48N2O8/c1-19(2)15-16-28(38)36-22(5)35(42)45-25-14-9-7-8-13-24-30-26-17-23(12-10-11-20(3)32(40)21(25)4)33(41)31(30)37-29(39)18-27(43-6)34(24)44-26/h7-9,11,13,17,19,21-22,24-25,27,32,34,40-41H,10,12,14-16,18H2,1-6H3,(H,36,38)(H,37,39)/b9-7+,13-8?,20-11-/t21-,22+,24-,25-,27+,32-,34+/m0/s1. The quantitative estimate of drug-likeness (QED) is 0.192. The van der Waals surface area contributed by atoms with Crippen LogP contribution in [0.4, 0.5) is 5.69 Å². The molecule has 0 radical (unpaired) electrons. The molecule has 4 aliphatic rings. The molecule has 7 atom stereocenters. The Labute approximate surface area is 265 Å². The number of rotatable bonds is 7. The molecule has 2 aliphatic heterocycles. The monoisotopic (exact) mass is 624 g/mol. The Kier molecular flexibility index (Phi) is 11.5. The van der Waals surface area contributed by atoms with Gasteiger partial charge in [-0.05, 0) is 50.7 Å². The predicted octanol–water partition coefficient (Wildman–Crippen LogP) is 4.84. The number of benzene rings is 1. The second kappa shape index (κ2) is 15.1. The minimum atomic E-state index is -0.896. The summed E-state index contributed by atoms with van der Waals surface area (Å²) in [5, 5.41) is 28.2. The summed E-state index contributed by atoms with van der Waals surface area (Å²) >= 11 is 0. The Hall–Kier alpha value is -3.63. The molecule has 246 valence electrons. The molecule has 1 aromatic rings. The van der Waals surface area contributed by atoms with Gasteiger partial charge in [0.2, 0.25) is 11.8 Å². The summed E-state index contributed by atoms with van der Waals surface area (Å²) in [5.74, 6) is -0.770. The van der Waals surface area contributed by atoms with E-state index in [1.807, 2.05) is 64.1 Å². The van der Waals surface area contributed by atoms with Gasteiger partial charge >= 0.3 is 5.97 Å². The van der Waals surface area contributed by atoms with Crippen molar-refractivity contribution in [3.8, 4) is 11.5 Å². The molecule has 45 heavy (non-hydrogen) atoms. The van der Waals surface area contributed by atoms with Crippen molar-refractivity contribution >= 4 is 23.5 Å². The number of aromatic hydroxyl groups is 1. The maximum atomic E-state index is 13.1. The topological polar surface area (TPSA) is 143 Å². The summed E-state index contributed by atoms with van der Waals surface area (Å²) in [6, 6.07) is 1.000. The SMILES string of the molecule is CO[C@@H]1CC(=O)Nc2c(O)c3cc4c2[C@H](C=C/C=C/C[C@H](OC(=O)[C@@H](C)NC(=O)CCC(C)C)[C@H](C)[C@@H](O)/C(C)=C\CC3)[C@H]1O4. The number of hydrogen-bond acceptors (Lipinski definition) is 8. The van der Waals surface area contributed by atoms with Gasteiger partial charge in [0.05, 0.1) is 18.2 Å². The number of nitrogens with one attached hydrogen (secondary N) is 2. The Balaban J connectivity index is 1.62. The van der Waals surface area contributed by atoms with Crippen molar-refractivity contribution in [1.29, 1.82) is 0 Å². The van der Waals surface area contributed by atoms with Gasteiger partial charge < -0.3 is 35.1 Å². The molecule has 2 aliphatic carbocycles. The molecular weight excluding hydrogens is 576 g/mol. The molecule has 2 amide bonds. The van der Waals surface area contributed by atoms with Gasteiger partial charge in [-0.25, -0.2) is 4.79 Å². The van der Waals surface area contributed by atoms with Gasteiger partial charge in [-0.3, -0.25) is 9.59 Å². The van der Waals surface area contributed by atoms with Crippen molar-refractivity contribution in [2.24, 2.45) is 11.8 Å². The maximum Gasteiger partial charge on any atom is 0.328 e. The first-order valence-corrected chi connectivity index (χ1v) is 16.0. The number of anilines is 1. The lowest BCUT2D eigenvalue weighted by molar-refractivity contribution is -0.156. The summed E-state index contributed by atoms with van der Waals surface area (Å²) in [6.45, 7) is 9.34. The molecule has 0 fully saturated rings. The van der Waals surface area contributed by atoms with Crippen LogP contribution in [0.2, 0.25) is 0 Å². The van der Waals surface area contributed by atoms with Crippen molar-refractivity contribution in [3.63, 3.8) is 0 Å². The van der Waals surface area contributed by atoms with E-state index in [2.05, 4.69) is 10.6 Å². The molecule has 5 rings (SSSR count). The lowest BCUT2D eigenvalue weighted by Crippen LogP contribution is -2.43. The average molecular weight is 625 g/mol. The Morgan fingerprint density at radius 3 is 2.67 bits per heavy atom. The first-order chi connectivity index (χ1) is 21.4. The molecule has 0 aromatic heterocycles. The fourth-order valence-electron chi connectivity index (χ4n) is 6.15. The van der Waals surface area contributed by atoms with Crippen LogP contribution in [-0.2, 0) is 30.3 Å². The minimum Gasteiger partial charge on any atom is -0.505 e. The number of phenols is 1. The fraction of sp³-hybridized carbons (Fsp3) is 0.571. The second-order valence-electron chi connectivity index (χ2n) is 12.8. The number of methoxy groups -OCH3 is 1. The van der Waals surface area contributed by atoms with Gasteiger partial charge in [0, 0.05) is 42.9 Å². The highest BCUT2D eigenvalue weighted by molar-refractivity contribution is 5.95. The molecule has 0 spiro atoms. The van der Waals surface area contributed by atoms with Crippen molar-refractivity contribution < 1.29 is 38.8 Å². The van der Waals surface area contributed by atoms with Crippen LogP contribution in [0.3, 0.4) is 0 Å². The molecule has 6 bridgehead atoms. The number of amides is 2. The molecule has 0 unspecified atom stereocenters. The number of carbonyl (C=O) groups excluding carboxylic acids is 3. The van der Waals surface area contributed by atoms with Gasteiger partial charge in [0.25, 0.3) is 0 Å². The molecule has 10 heteroatoms. The van der Waals surface area contributed by atoms with E-state index in [9.17, 15) is 24.6 Å². The average Bonchev–Trinajstić information content (AvgIpc) is 3.37. The van der Waals surface area contributed by atoms with E-state index in [4.69, 9.17) is 14.2 Å². The summed E-state index contributed by atoms with van der Waals surface area (Å²) < 4.78 is 17.9. The van der Waals surface area contributed by atoms with E-state index in [1.165, 1.54) is 0 Å². The van der Waals surface area contributed by atoms with E-state index in [0.29, 0.717) is 59.7 Å². The highest BCUT2D eigenvalue weighted by Crippen LogP contribution is 2.51. The lowest BCUT2D eigenvalue weighted by Gasteiger charge is -2.29. The third-order valence-corrected chi connectivity index (χ3v) is 8.96. The number of esters is 1. The first-order valence-electron chi connectivity index (χ1n) is 16.0. The second-order valence-corrected chi connectivity index (χ2v) is 12.8.